The first kappa shape index (κ1) is 19.9. The van der Waals surface area contributed by atoms with Gasteiger partial charge in [0.15, 0.2) is 0 Å². The summed E-state index contributed by atoms with van der Waals surface area (Å²) >= 11 is 13.5. The van der Waals surface area contributed by atoms with Crippen molar-refractivity contribution in [1.82, 2.24) is 5.32 Å². The first-order chi connectivity index (χ1) is 9.04. The Morgan fingerprint density at radius 2 is 2.15 bits per heavy atom. The lowest BCUT2D eigenvalue weighted by molar-refractivity contribution is -0.139. The van der Waals surface area contributed by atoms with Crippen molar-refractivity contribution < 1.29 is 9.90 Å². The number of benzene rings is 1. The fourth-order valence-corrected chi connectivity index (χ4v) is 2.96. The lowest BCUT2D eigenvalue weighted by atomic mass is 10.2. The van der Waals surface area contributed by atoms with E-state index in [1.807, 2.05) is 13.0 Å². The third-order valence-electron chi connectivity index (χ3n) is 2.52. The second-order valence-electron chi connectivity index (χ2n) is 4.06. The van der Waals surface area contributed by atoms with Gasteiger partial charge in [-0.1, -0.05) is 36.5 Å². The molecule has 0 aromatic heterocycles. The number of hydrogen-bond donors (Lipinski definition) is 2. The van der Waals surface area contributed by atoms with Crippen LogP contribution in [0.25, 0.3) is 0 Å². The Bertz CT molecular complexity index is 432. The summed E-state index contributed by atoms with van der Waals surface area (Å²) in [5.74, 6) is -0.0549. The summed E-state index contributed by atoms with van der Waals surface area (Å²) < 4.78 is 0. The fraction of sp³-hybridized carbons (Fsp3) is 0.462. The molecule has 0 amide bonds. The number of aliphatic carboxylic acids is 1. The summed E-state index contributed by atoms with van der Waals surface area (Å²) in [7, 11) is 0. The molecule has 114 valence electrons. The van der Waals surface area contributed by atoms with E-state index in [1.54, 1.807) is 23.9 Å². The highest BCUT2D eigenvalue weighted by Crippen LogP contribution is 2.29. The maximum atomic E-state index is 10.9. The van der Waals surface area contributed by atoms with Gasteiger partial charge in [0, 0.05) is 22.2 Å². The van der Waals surface area contributed by atoms with Gasteiger partial charge in [-0.2, -0.15) is 0 Å². The minimum atomic E-state index is -0.798. The average molecular weight is 359 g/mol. The van der Waals surface area contributed by atoms with Crippen molar-refractivity contribution in [2.24, 2.45) is 0 Å². The van der Waals surface area contributed by atoms with Gasteiger partial charge in [0.2, 0.25) is 0 Å². The van der Waals surface area contributed by atoms with E-state index in [4.69, 9.17) is 28.3 Å². The zero-order valence-corrected chi connectivity index (χ0v) is 14.2. The Morgan fingerprint density at radius 3 is 2.75 bits per heavy atom. The molecular formula is C13H18Cl3NO2S. The second kappa shape index (κ2) is 10.6. The highest BCUT2D eigenvalue weighted by atomic mass is 35.5. The Kier molecular flexibility index (Phi) is 10.5. The number of rotatable bonds is 8. The monoisotopic (exact) mass is 357 g/mol. The molecule has 1 aromatic rings. The van der Waals surface area contributed by atoms with Crippen LogP contribution in [0.3, 0.4) is 0 Å². The van der Waals surface area contributed by atoms with Gasteiger partial charge in [-0.15, -0.1) is 24.2 Å². The number of hydrogen-bond acceptors (Lipinski definition) is 3. The quantitative estimate of drug-likeness (QED) is 0.536. The van der Waals surface area contributed by atoms with E-state index < -0.39 is 12.0 Å². The van der Waals surface area contributed by atoms with Crippen LogP contribution in [0.4, 0.5) is 0 Å². The zero-order chi connectivity index (χ0) is 14.3. The number of carboxylic acids is 1. The molecule has 0 bridgehead atoms. The third-order valence-corrected chi connectivity index (χ3v) is 4.25. The normalized spacial score (nSPS) is 11.8. The Morgan fingerprint density at radius 1 is 1.45 bits per heavy atom. The number of thioether (sulfide) groups is 1. The number of carbonyl (C=O) groups is 1. The van der Waals surface area contributed by atoms with E-state index in [0.717, 1.165) is 17.1 Å². The molecule has 0 aliphatic heterocycles. The Balaban J connectivity index is 0.00000361. The molecule has 1 atom stereocenters. The minimum absolute atomic E-state index is 0. The van der Waals surface area contributed by atoms with Crippen molar-refractivity contribution in [3.05, 3.63) is 28.2 Å². The predicted molar refractivity (Wildman–Crippen MR) is 88.8 cm³/mol. The lowest BCUT2D eigenvalue weighted by Crippen LogP contribution is -2.37. The van der Waals surface area contributed by atoms with Gasteiger partial charge in [0.05, 0.1) is 5.02 Å². The van der Waals surface area contributed by atoms with Crippen molar-refractivity contribution >= 4 is 53.3 Å². The highest BCUT2D eigenvalue weighted by Gasteiger charge is 2.14. The number of halogens is 3. The molecule has 0 aliphatic carbocycles. The van der Waals surface area contributed by atoms with Crippen molar-refractivity contribution in [2.75, 3.05) is 12.3 Å². The molecule has 0 saturated carbocycles. The Hall–Kier alpha value is -0.130. The van der Waals surface area contributed by atoms with E-state index >= 15 is 0 Å². The van der Waals surface area contributed by atoms with Gasteiger partial charge in [0.25, 0.3) is 0 Å². The van der Waals surface area contributed by atoms with Gasteiger partial charge < -0.3 is 10.4 Å². The fourth-order valence-electron chi connectivity index (χ4n) is 1.58. The van der Waals surface area contributed by atoms with Gasteiger partial charge in [-0.3, -0.25) is 4.79 Å². The SMILES string of the molecule is CCCC(NCCSc1cc(Cl)ccc1Cl)C(=O)O.Cl. The maximum absolute atomic E-state index is 10.9. The van der Waals surface area contributed by atoms with E-state index in [-0.39, 0.29) is 12.4 Å². The maximum Gasteiger partial charge on any atom is 0.320 e. The van der Waals surface area contributed by atoms with Crippen molar-refractivity contribution in [3.63, 3.8) is 0 Å². The first-order valence-corrected chi connectivity index (χ1v) is 7.82. The van der Waals surface area contributed by atoms with Crippen LogP contribution in [0.1, 0.15) is 19.8 Å². The molecule has 0 saturated heterocycles. The molecule has 0 aliphatic rings. The van der Waals surface area contributed by atoms with E-state index in [1.165, 1.54) is 0 Å². The van der Waals surface area contributed by atoms with E-state index in [0.29, 0.717) is 23.0 Å². The number of carboxylic acid groups (broad SMARTS) is 1. The predicted octanol–water partition coefficient (Wildman–Crippen LogP) is 4.35. The molecule has 2 N–H and O–H groups in total. The van der Waals surface area contributed by atoms with Crippen LogP contribution in [0.5, 0.6) is 0 Å². The summed E-state index contributed by atoms with van der Waals surface area (Å²) in [6, 6.07) is 4.85. The van der Waals surface area contributed by atoms with Crippen molar-refractivity contribution in [1.29, 1.82) is 0 Å². The molecule has 20 heavy (non-hydrogen) atoms. The second-order valence-corrected chi connectivity index (χ2v) is 6.04. The van der Waals surface area contributed by atoms with Gasteiger partial charge in [-0.25, -0.2) is 0 Å². The summed E-state index contributed by atoms with van der Waals surface area (Å²) in [6.45, 7) is 2.59. The average Bonchev–Trinajstić information content (AvgIpc) is 2.36. The highest BCUT2D eigenvalue weighted by molar-refractivity contribution is 7.99. The van der Waals surface area contributed by atoms with Crippen LogP contribution >= 0.6 is 47.4 Å². The Labute approximate surface area is 139 Å². The summed E-state index contributed by atoms with van der Waals surface area (Å²) in [6.07, 6.45) is 1.48. The topological polar surface area (TPSA) is 49.3 Å². The zero-order valence-electron chi connectivity index (χ0n) is 11.1. The van der Waals surface area contributed by atoms with Crippen LogP contribution in [-0.4, -0.2) is 29.4 Å². The lowest BCUT2D eigenvalue weighted by Gasteiger charge is -2.13. The molecular weight excluding hydrogens is 341 g/mol. The summed E-state index contributed by atoms with van der Waals surface area (Å²) in [4.78, 5) is 11.9. The van der Waals surface area contributed by atoms with Crippen LogP contribution in [0, 0.1) is 0 Å². The standard InChI is InChI=1S/C13H17Cl2NO2S.ClH/c1-2-3-11(13(17)18)16-6-7-19-12-8-9(14)4-5-10(12)15;/h4-5,8,11,16H,2-3,6-7H2,1H3,(H,17,18);1H. The van der Waals surface area contributed by atoms with E-state index in [9.17, 15) is 4.79 Å². The molecule has 1 unspecified atom stereocenters. The largest absolute Gasteiger partial charge is 0.480 e. The molecule has 0 spiro atoms. The van der Waals surface area contributed by atoms with Gasteiger partial charge in [-0.05, 0) is 24.6 Å². The number of nitrogens with one attached hydrogen (secondary N) is 1. The van der Waals surface area contributed by atoms with Crippen LogP contribution in [0.15, 0.2) is 23.1 Å². The minimum Gasteiger partial charge on any atom is -0.480 e. The van der Waals surface area contributed by atoms with Crippen molar-refractivity contribution in [3.8, 4) is 0 Å². The molecule has 0 heterocycles. The molecule has 3 nitrogen and oxygen atoms in total. The smallest absolute Gasteiger partial charge is 0.320 e. The molecule has 7 heteroatoms. The van der Waals surface area contributed by atoms with Crippen LogP contribution in [-0.2, 0) is 4.79 Å². The van der Waals surface area contributed by atoms with Crippen molar-refractivity contribution in [2.45, 2.75) is 30.7 Å². The van der Waals surface area contributed by atoms with Gasteiger partial charge in [0.1, 0.15) is 6.04 Å². The molecule has 1 aromatic carbocycles. The summed E-state index contributed by atoms with van der Waals surface area (Å²) in [5, 5.41) is 13.3. The van der Waals surface area contributed by atoms with Crippen LogP contribution in [0.2, 0.25) is 10.0 Å². The summed E-state index contributed by atoms with van der Waals surface area (Å²) in [5.41, 5.74) is 0. The molecule has 1 rings (SSSR count). The molecule has 0 fully saturated rings. The molecule has 0 radical (unpaired) electrons. The van der Waals surface area contributed by atoms with Gasteiger partial charge >= 0.3 is 5.97 Å². The first-order valence-electron chi connectivity index (χ1n) is 6.08. The van der Waals surface area contributed by atoms with E-state index in [2.05, 4.69) is 5.32 Å². The van der Waals surface area contributed by atoms with Crippen LogP contribution < -0.4 is 5.32 Å². The third kappa shape index (κ3) is 7.04.